The fraction of sp³-hybridized carbons (Fsp3) is 0.538. The molecule has 2 atom stereocenters. The van der Waals surface area contributed by atoms with Gasteiger partial charge in [-0.15, -0.1) is 11.3 Å². The number of carbonyl (C=O) groups is 2. The molecule has 0 spiro atoms. The van der Waals surface area contributed by atoms with Crippen LogP contribution in [-0.4, -0.2) is 45.7 Å². The predicted octanol–water partition coefficient (Wildman–Crippen LogP) is 1.12. The highest BCUT2D eigenvalue weighted by Crippen LogP contribution is 2.20. The molecule has 6 heteroatoms. The zero-order valence-electron chi connectivity index (χ0n) is 10.5. The van der Waals surface area contributed by atoms with Crippen LogP contribution in [0, 0.1) is 0 Å². The maximum absolute atomic E-state index is 12.0. The molecule has 0 unspecified atom stereocenters. The van der Waals surface area contributed by atoms with Gasteiger partial charge >= 0.3 is 5.97 Å². The minimum Gasteiger partial charge on any atom is -0.480 e. The Labute approximate surface area is 115 Å². The van der Waals surface area contributed by atoms with Crippen LogP contribution in [0.4, 0.5) is 0 Å². The number of carboxylic acids is 1. The molecule has 2 rings (SSSR count). The molecule has 1 aromatic heterocycles. The summed E-state index contributed by atoms with van der Waals surface area (Å²) in [5.41, 5.74) is 0. The van der Waals surface area contributed by atoms with Crippen LogP contribution in [-0.2, 0) is 16.0 Å². The molecule has 0 aliphatic carbocycles. The van der Waals surface area contributed by atoms with Gasteiger partial charge in [-0.1, -0.05) is 6.07 Å². The summed E-state index contributed by atoms with van der Waals surface area (Å²) in [7, 11) is 0. The lowest BCUT2D eigenvalue weighted by atomic mass is 10.1. The summed E-state index contributed by atoms with van der Waals surface area (Å²) in [6.45, 7) is 0.134. The first kappa shape index (κ1) is 14.0. The van der Waals surface area contributed by atoms with Crippen molar-refractivity contribution in [1.82, 2.24) is 4.90 Å². The smallest absolute Gasteiger partial charge is 0.326 e. The largest absolute Gasteiger partial charge is 0.480 e. The van der Waals surface area contributed by atoms with Crippen LogP contribution in [0.5, 0.6) is 0 Å². The number of aryl methyl sites for hydroxylation is 1. The summed E-state index contributed by atoms with van der Waals surface area (Å²) < 4.78 is 0. The fourth-order valence-corrected chi connectivity index (χ4v) is 3.09. The van der Waals surface area contributed by atoms with Crippen LogP contribution >= 0.6 is 11.3 Å². The number of hydrogen-bond donors (Lipinski definition) is 2. The summed E-state index contributed by atoms with van der Waals surface area (Å²) >= 11 is 1.65. The van der Waals surface area contributed by atoms with Gasteiger partial charge in [0.25, 0.3) is 0 Å². The standard InChI is InChI=1S/C13H17NO4S/c15-9-7-11(13(17)18)14(8-9)12(16)5-1-3-10-4-2-6-19-10/h2,4,6,9,11,15H,1,3,5,7-8H2,(H,17,18)/t9-,11+/m1/s1. The lowest BCUT2D eigenvalue weighted by Crippen LogP contribution is -2.40. The Balaban J connectivity index is 1.83. The van der Waals surface area contributed by atoms with Crippen molar-refractivity contribution in [3.05, 3.63) is 22.4 Å². The predicted molar refractivity (Wildman–Crippen MR) is 71.0 cm³/mol. The lowest BCUT2D eigenvalue weighted by molar-refractivity contribution is -0.148. The highest BCUT2D eigenvalue weighted by molar-refractivity contribution is 7.09. The number of aliphatic hydroxyl groups excluding tert-OH is 1. The number of thiophene rings is 1. The van der Waals surface area contributed by atoms with Gasteiger partial charge in [0, 0.05) is 24.3 Å². The van der Waals surface area contributed by atoms with Gasteiger partial charge in [-0.2, -0.15) is 0 Å². The van der Waals surface area contributed by atoms with Gasteiger partial charge in [0.2, 0.25) is 5.91 Å². The Hall–Kier alpha value is -1.40. The first-order valence-corrected chi connectivity index (χ1v) is 7.18. The molecule has 0 aromatic carbocycles. The van der Waals surface area contributed by atoms with Crippen LogP contribution in [0.25, 0.3) is 0 Å². The highest BCUT2D eigenvalue weighted by atomic mass is 32.1. The highest BCUT2D eigenvalue weighted by Gasteiger charge is 2.38. The molecule has 0 saturated carbocycles. The van der Waals surface area contributed by atoms with Crippen molar-refractivity contribution in [3.8, 4) is 0 Å². The van der Waals surface area contributed by atoms with E-state index in [9.17, 15) is 14.7 Å². The van der Waals surface area contributed by atoms with Gasteiger partial charge in [0.15, 0.2) is 0 Å². The molecule has 5 nitrogen and oxygen atoms in total. The summed E-state index contributed by atoms with van der Waals surface area (Å²) in [5.74, 6) is -1.22. The molecule has 1 fully saturated rings. The number of nitrogens with zero attached hydrogens (tertiary/aromatic N) is 1. The summed E-state index contributed by atoms with van der Waals surface area (Å²) in [4.78, 5) is 25.5. The maximum atomic E-state index is 12.0. The minimum absolute atomic E-state index is 0.131. The number of likely N-dealkylation sites (tertiary alicyclic amines) is 1. The van der Waals surface area contributed by atoms with Crippen LogP contribution in [0.3, 0.4) is 0 Å². The van der Waals surface area contributed by atoms with Gasteiger partial charge < -0.3 is 15.1 Å². The molecule has 2 heterocycles. The third kappa shape index (κ3) is 3.54. The Morgan fingerprint density at radius 3 is 2.89 bits per heavy atom. The molecule has 1 aliphatic rings. The number of carboxylic acid groups (broad SMARTS) is 1. The van der Waals surface area contributed by atoms with Gasteiger partial charge in [-0.3, -0.25) is 4.79 Å². The van der Waals surface area contributed by atoms with Crippen LogP contribution in [0.15, 0.2) is 17.5 Å². The molecule has 1 saturated heterocycles. The quantitative estimate of drug-likeness (QED) is 0.849. The van der Waals surface area contributed by atoms with E-state index < -0.39 is 18.1 Å². The van der Waals surface area contributed by atoms with Crippen LogP contribution < -0.4 is 0 Å². The molecular weight excluding hydrogens is 266 g/mol. The summed E-state index contributed by atoms with van der Waals surface area (Å²) in [6, 6.07) is 3.12. The first-order valence-electron chi connectivity index (χ1n) is 6.30. The maximum Gasteiger partial charge on any atom is 0.326 e. The Morgan fingerprint density at radius 2 is 2.26 bits per heavy atom. The molecule has 1 aliphatic heterocycles. The van der Waals surface area contributed by atoms with E-state index in [0.29, 0.717) is 12.8 Å². The van der Waals surface area contributed by atoms with E-state index in [1.165, 1.54) is 9.78 Å². The topological polar surface area (TPSA) is 77.8 Å². The summed E-state index contributed by atoms with van der Waals surface area (Å²) in [6.07, 6.45) is 1.28. The van der Waals surface area contributed by atoms with E-state index in [0.717, 1.165) is 6.42 Å². The average Bonchev–Trinajstić information content (AvgIpc) is 2.98. The molecule has 0 bridgehead atoms. The molecule has 1 amide bonds. The number of β-amino-alcohol motifs (C(OH)–C–C–N with tert-alkyl or cyclic N) is 1. The van der Waals surface area contributed by atoms with Crippen molar-refractivity contribution in [3.63, 3.8) is 0 Å². The van der Waals surface area contributed by atoms with Gasteiger partial charge in [-0.25, -0.2) is 4.79 Å². The number of carbonyl (C=O) groups excluding carboxylic acids is 1. The van der Waals surface area contributed by atoms with E-state index in [1.807, 2.05) is 17.5 Å². The second-order valence-corrected chi connectivity index (χ2v) is 5.75. The number of hydrogen-bond acceptors (Lipinski definition) is 4. The van der Waals surface area contributed by atoms with Crippen molar-refractivity contribution in [2.24, 2.45) is 0 Å². The van der Waals surface area contributed by atoms with E-state index in [1.54, 1.807) is 11.3 Å². The van der Waals surface area contributed by atoms with Crippen molar-refractivity contribution in [2.45, 2.75) is 37.8 Å². The van der Waals surface area contributed by atoms with Crippen molar-refractivity contribution in [2.75, 3.05) is 6.54 Å². The average molecular weight is 283 g/mol. The fourth-order valence-electron chi connectivity index (χ4n) is 2.34. The van der Waals surface area contributed by atoms with Crippen LogP contribution in [0.2, 0.25) is 0 Å². The van der Waals surface area contributed by atoms with Crippen LogP contribution in [0.1, 0.15) is 24.1 Å². The lowest BCUT2D eigenvalue weighted by Gasteiger charge is -2.21. The van der Waals surface area contributed by atoms with Gasteiger partial charge in [0.05, 0.1) is 6.10 Å². The van der Waals surface area contributed by atoms with E-state index >= 15 is 0 Å². The third-order valence-corrected chi connectivity index (χ3v) is 4.21. The Bertz CT molecular complexity index is 446. The van der Waals surface area contributed by atoms with Gasteiger partial charge in [0.1, 0.15) is 6.04 Å². The number of aliphatic hydroxyl groups is 1. The molecule has 1 aromatic rings. The van der Waals surface area contributed by atoms with Crippen molar-refractivity contribution >= 4 is 23.2 Å². The first-order chi connectivity index (χ1) is 9.08. The zero-order valence-corrected chi connectivity index (χ0v) is 11.3. The van der Waals surface area contributed by atoms with E-state index in [-0.39, 0.29) is 18.9 Å². The Kier molecular flexibility index (Phi) is 4.55. The Morgan fingerprint density at radius 1 is 1.47 bits per heavy atom. The SMILES string of the molecule is O=C(O)[C@@H]1C[C@@H](O)CN1C(=O)CCCc1cccs1. The second-order valence-electron chi connectivity index (χ2n) is 4.72. The zero-order chi connectivity index (χ0) is 13.8. The number of aliphatic carboxylic acids is 1. The van der Waals surface area contributed by atoms with Crippen molar-refractivity contribution in [1.29, 1.82) is 0 Å². The third-order valence-electron chi connectivity index (χ3n) is 3.28. The molecule has 104 valence electrons. The molecular formula is C13H17NO4S. The number of amides is 1. The van der Waals surface area contributed by atoms with E-state index in [4.69, 9.17) is 5.11 Å². The number of rotatable bonds is 5. The second kappa shape index (κ2) is 6.16. The normalized spacial score (nSPS) is 22.7. The summed E-state index contributed by atoms with van der Waals surface area (Å²) in [5, 5.41) is 20.5. The van der Waals surface area contributed by atoms with E-state index in [2.05, 4.69) is 0 Å². The minimum atomic E-state index is -1.04. The monoisotopic (exact) mass is 283 g/mol. The molecule has 2 N–H and O–H groups in total. The molecule has 19 heavy (non-hydrogen) atoms. The van der Waals surface area contributed by atoms with Crippen molar-refractivity contribution < 1.29 is 19.8 Å². The molecule has 0 radical (unpaired) electrons. The van der Waals surface area contributed by atoms with Gasteiger partial charge in [-0.05, 0) is 24.3 Å².